The Morgan fingerprint density at radius 3 is 2.36 bits per heavy atom. The number of rotatable bonds is 7. The summed E-state index contributed by atoms with van der Waals surface area (Å²) in [7, 11) is 0. The van der Waals surface area contributed by atoms with Gasteiger partial charge < -0.3 is 19.3 Å². The molecule has 1 atom stereocenters. The topological polar surface area (TPSA) is 65.0 Å². The number of esters is 1. The maximum Gasteiger partial charge on any atom is 0.348 e. The first-order chi connectivity index (χ1) is 16.1. The van der Waals surface area contributed by atoms with E-state index in [-0.39, 0.29) is 23.9 Å². The molecule has 0 saturated carbocycles. The van der Waals surface area contributed by atoms with Crippen molar-refractivity contribution < 1.29 is 24.1 Å². The number of carbonyl (C=O) groups is 1. The first kappa shape index (κ1) is 21.5. The second-order valence-corrected chi connectivity index (χ2v) is 9.15. The van der Waals surface area contributed by atoms with Crippen molar-refractivity contribution in [1.29, 1.82) is 0 Å². The van der Waals surface area contributed by atoms with Crippen LogP contribution in [0, 0.1) is 0 Å². The molecule has 0 fully saturated rings. The number of benzene rings is 3. The number of aryl methyl sites for hydroxylation is 1. The van der Waals surface area contributed by atoms with Crippen LogP contribution in [0.3, 0.4) is 0 Å². The molecular weight excluding hydrogens is 436 g/mol. The number of cyclic esters (lactones) is 1. The van der Waals surface area contributed by atoms with Crippen LogP contribution < -0.4 is 9.47 Å². The summed E-state index contributed by atoms with van der Waals surface area (Å²) in [5.74, 6) is 1.66. The molecule has 168 valence electrons. The van der Waals surface area contributed by atoms with Crippen LogP contribution in [0.25, 0.3) is 0 Å². The zero-order valence-corrected chi connectivity index (χ0v) is 18.8. The van der Waals surface area contributed by atoms with Crippen LogP contribution in [-0.4, -0.2) is 17.9 Å². The number of fused-ring (bicyclic) bond motifs is 1. The van der Waals surface area contributed by atoms with Crippen molar-refractivity contribution >= 4 is 17.7 Å². The zero-order chi connectivity index (χ0) is 22.7. The molecule has 0 aromatic heterocycles. The Kier molecular flexibility index (Phi) is 6.01. The summed E-state index contributed by atoms with van der Waals surface area (Å²) in [6.45, 7) is 0.229. The summed E-state index contributed by atoms with van der Waals surface area (Å²) in [5, 5.41) is 11.0. The highest BCUT2D eigenvalue weighted by Gasteiger charge is 2.43. The van der Waals surface area contributed by atoms with Gasteiger partial charge in [0, 0.05) is 5.75 Å². The molecule has 6 heteroatoms. The van der Waals surface area contributed by atoms with Crippen LogP contribution in [0.15, 0.2) is 89.5 Å². The van der Waals surface area contributed by atoms with Crippen LogP contribution in [0.5, 0.6) is 11.5 Å². The van der Waals surface area contributed by atoms with E-state index in [4.69, 9.17) is 14.2 Å². The number of carbonyl (C=O) groups excluding carboxylic acids is 1. The van der Waals surface area contributed by atoms with E-state index in [9.17, 15) is 9.90 Å². The Balaban J connectivity index is 1.39. The first-order valence-corrected chi connectivity index (χ1v) is 11.9. The minimum absolute atomic E-state index is 0.0849. The highest BCUT2D eigenvalue weighted by Crippen LogP contribution is 2.44. The van der Waals surface area contributed by atoms with Gasteiger partial charge in [0.15, 0.2) is 11.5 Å². The predicted octanol–water partition coefficient (Wildman–Crippen LogP) is 5.89. The van der Waals surface area contributed by atoms with Crippen LogP contribution in [0.2, 0.25) is 0 Å². The summed E-state index contributed by atoms with van der Waals surface area (Å²) >= 11 is 1.32. The van der Waals surface area contributed by atoms with Gasteiger partial charge in [0.05, 0.1) is 6.42 Å². The van der Waals surface area contributed by atoms with Gasteiger partial charge in [-0.3, -0.25) is 0 Å². The highest BCUT2D eigenvalue weighted by molar-refractivity contribution is 8.03. The van der Waals surface area contributed by atoms with Gasteiger partial charge in [-0.15, -0.1) is 11.8 Å². The number of thioether (sulfide) groups is 1. The molecule has 0 saturated heterocycles. The van der Waals surface area contributed by atoms with E-state index in [1.165, 1.54) is 11.8 Å². The molecule has 0 bridgehead atoms. The molecule has 5 rings (SSSR count). The molecule has 0 radical (unpaired) electrons. The minimum Gasteiger partial charge on any atom is -0.511 e. The lowest BCUT2D eigenvalue weighted by molar-refractivity contribution is -0.160. The maximum atomic E-state index is 13.1. The SMILES string of the molecule is O=C1OC(CCc2ccc3c(c2)OCO3)(c2ccccc2)CC(O)=C1SCc1ccccc1. The van der Waals surface area contributed by atoms with Gasteiger partial charge in [0.1, 0.15) is 16.3 Å². The third-order valence-corrected chi connectivity index (χ3v) is 7.14. The van der Waals surface area contributed by atoms with E-state index in [0.717, 1.165) is 28.2 Å². The fourth-order valence-electron chi connectivity index (χ4n) is 4.23. The van der Waals surface area contributed by atoms with Crippen molar-refractivity contribution in [2.45, 2.75) is 30.6 Å². The van der Waals surface area contributed by atoms with Gasteiger partial charge >= 0.3 is 5.97 Å². The van der Waals surface area contributed by atoms with E-state index >= 15 is 0 Å². The molecule has 0 aliphatic carbocycles. The van der Waals surface area contributed by atoms with Gasteiger partial charge in [-0.1, -0.05) is 66.7 Å². The van der Waals surface area contributed by atoms with Gasteiger partial charge in [-0.05, 0) is 41.7 Å². The molecule has 2 aliphatic rings. The monoisotopic (exact) mass is 460 g/mol. The van der Waals surface area contributed by atoms with Crippen LogP contribution in [0.4, 0.5) is 0 Å². The zero-order valence-electron chi connectivity index (χ0n) is 18.0. The number of aliphatic hydroxyl groups excluding tert-OH is 1. The smallest absolute Gasteiger partial charge is 0.348 e. The van der Waals surface area contributed by atoms with Gasteiger partial charge in [0.2, 0.25) is 6.79 Å². The van der Waals surface area contributed by atoms with E-state index in [1.54, 1.807) is 0 Å². The summed E-state index contributed by atoms with van der Waals surface area (Å²) in [6.07, 6.45) is 1.42. The fourth-order valence-corrected chi connectivity index (χ4v) is 5.13. The Morgan fingerprint density at radius 2 is 1.61 bits per heavy atom. The van der Waals surface area contributed by atoms with Crippen molar-refractivity contribution in [3.05, 3.63) is 106 Å². The average Bonchev–Trinajstić information content (AvgIpc) is 3.31. The van der Waals surface area contributed by atoms with E-state index < -0.39 is 11.6 Å². The third-order valence-electron chi connectivity index (χ3n) is 5.97. The highest BCUT2D eigenvalue weighted by atomic mass is 32.2. The Labute approximate surface area is 197 Å². The van der Waals surface area contributed by atoms with Crippen LogP contribution in [0.1, 0.15) is 29.5 Å². The minimum atomic E-state index is -0.935. The Hall–Kier alpha value is -3.38. The van der Waals surface area contributed by atoms with Crippen LogP contribution >= 0.6 is 11.8 Å². The number of aliphatic hydroxyl groups is 1. The summed E-state index contributed by atoms with van der Waals surface area (Å²) in [5.41, 5.74) is 2.07. The predicted molar refractivity (Wildman–Crippen MR) is 127 cm³/mol. The Bertz CT molecular complexity index is 1180. The molecule has 2 heterocycles. The van der Waals surface area contributed by atoms with Crippen molar-refractivity contribution in [3.8, 4) is 11.5 Å². The first-order valence-electron chi connectivity index (χ1n) is 10.9. The van der Waals surface area contributed by atoms with E-state index in [0.29, 0.717) is 18.6 Å². The second kappa shape index (κ2) is 9.24. The quantitative estimate of drug-likeness (QED) is 0.443. The van der Waals surface area contributed by atoms with Gasteiger partial charge in [0.25, 0.3) is 0 Å². The molecule has 1 N–H and O–H groups in total. The lowest BCUT2D eigenvalue weighted by Gasteiger charge is -2.37. The van der Waals surface area contributed by atoms with Gasteiger partial charge in [-0.2, -0.15) is 0 Å². The molecule has 0 spiro atoms. The second-order valence-electron chi connectivity index (χ2n) is 8.16. The summed E-state index contributed by atoms with van der Waals surface area (Å²) in [4.78, 5) is 13.4. The number of hydrogen-bond donors (Lipinski definition) is 1. The molecule has 33 heavy (non-hydrogen) atoms. The lowest BCUT2D eigenvalue weighted by atomic mass is 9.82. The van der Waals surface area contributed by atoms with Crippen LogP contribution in [-0.2, 0) is 27.3 Å². The van der Waals surface area contributed by atoms with Gasteiger partial charge in [-0.25, -0.2) is 4.79 Å². The number of ether oxygens (including phenoxy) is 3. The van der Waals surface area contributed by atoms with Crippen molar-refractivity contribution in [2.75, 3.05) is 6.79 Å². The van der Waals surface area contributed by atoms with Crippen molar-refractivity contribution in [1.82, 2.24) is 0 Å². The fraction of sp³-hybridized carbons (Fsp3) is 0.222. The maximum absolute atomic E-state index is 13.1. The standard InChI is InChI=1S/C27H24O5S/c28-22-16-27(21-9-5-2-6-10-21,14-13-19-11-12-23-24(15-19)31-18-30-23)32-26(29)25(22)33-17-20-7-3-1-4-8-20/h1-12,15,28H,13-14,16-18H2. The average molecular weight is 461 g/mol. The molecular formula is C27H24O5S. The normalized spacial score (nSPS) is 19.5. The van der Waals surface area contributed by atoms with E-state index in [1.807, 2.05) is 78.9 Å². The molecule has 1 unspecified atom stereocenters. The van der Waals surface area contributed by atoms with Crippen molar-refractivity contribution in [2.24, 2.45) is 0 Å². The molecule has 5 nitrogen and oxygen atoms in total. The summed E-state index contributed by atoms with van der Waals surface area (Å²) in [6, 6.07) is 25.4. The van der Waals surface area contributed by atoms with Crippen molar-refractivity contribution in [3.63, 3.8) is 0 Å². The lowest BCUT2D eigenvalue weighted by Crippen LogP contribution is -2.38. The molecule has 0 amide bonds. The molecule has 2 aliphatic heterocycles. The third kappa shape index (κ3) is 4.57. The number of hydrogen-bond acceptors (Lipinski definition) is 6. The van der Waals surface area contributed by atoms with E-state index in [2.05, 4.69) is 0 Å². The largest absolute Gasteiger partial charge is 0.511 e. The molecule has 3 aromatic carbocycles. The Morgan fingerprint density at radius 1 is 0.879 bits per heavy atom. The summed E-state index contributed by atoms with van der Waals surface area (Å²) < 4.78 is 17.0. The molecule has 3 aromatic rings.